The number of hydrogen-bond acceptors (Lipinski definition) is 5. The molecule has 2 heterocycles. The van der Waals surface area contributed by atoms with Crippen molar-refractivity contribution in [3.8, 4) is 0 Å². The molecule has 178 valence electrons. The van der Waals surface area contributed by atoms with E-state index in [9.17, 15) is 26.4 Å². The molecule has 0 aliphatic carbocycles. The Hall–Kier alpha value is -2.92. The standard InChI is InChI=1S/C22H25F3N4O3S/c1-26-11-8-17-4-7-20(28-17)21(30)27-14-16-2-5-18(6-3-16)33(31,32)19-9-12-29(13-10-19)15-22(23,24)25/h2-8,11,19,28H,1,9-10,12-15H2,(H,27,30). The van der Waals surface area contributed by atoms with Crippen molar-refractivity contribution in [2.45, 2.75) is 35.7 Å². The smallest absolute Gasteiger partial charge is 0.351 e. The molecule has 0 atom stereocenters. The van der Waals surface area contributed by atoms with E-state index in [4.69, 9.17) is 0 Å². The largest absolute Gasteiger partial charge is 0.401 e. The molecule has 0 radical (unpaired) electrons. The quantitative estimate of drug-likeness (QED) is 0.564. The molecule has 1 aromatic carbocycles. The van der Waals surface area contributed by atoms with E-state index in [-0.39, 0.29) is 43.3 Å². The zero-order chi connectivity index (χ0) is 24.1. The number of sulfone groups is 1. The van der Waals surface area contributed by atoms with E-state index in [2.05, 4.69) is 22.0 Å². The van der Waals surface area contributed by atoms with Gasteiger partial charge in [0.1, 0.15) is 5.69 Å². The zero-order valence-electron chi connectivity index (χ0n) is 17.8. The lowest BCUT2D eigenvalue weighted by Gasteiger charge is -2.32. The van der Waals surface area contributed by atoms with Gasteiger partial charge < -0.3 is 10.3 Å². The summed E-state index contributed by atoms with van der Waals surface area (Å²) in [5.74, 6) is -0.316. The molecule has 33 heavy (non-hydrogen) atoms. The molecule has 1 amide bonds. The monoisotopic (exact) mass is 482 g/mol. The minimum atomic E-state index is -4.29. The van der Waals surface area contributed by atoms with Crippen LogP contribution in [-0.4, -0.2) is 62.0 Å². The predicted molar refractivity (Wildman–Crippen MR) is 120 cm³/mol. The van der Waals surface area contributed by atoms with E-state index in [1.54, 1.807) is 30.3 Å². The Bertz CT molecular complexity index is 1100. The van der Waals surface area contributed by atoms with Crippen LogP contribution in [0.25, 0.3) is 6.08 Å². The summed E-state index contributed by atoms with van der Waals surface area (Å²) in [4.78, 5) is 20.2. The fourth-order valence-electron chi connectivity index (χ4n) is 3.67. The molecule has 1 saturated heterocycles. The Balaban J connectivity index is 1.55. The number of nitrogens with zero attached hydrogens (tertiary/aromatic N) is 2. The summed E-state index contributed by atoms with van der Waals surface area (Å²) in [6.07, 6.45) is -0.808. The number of aromatic amines is 1. The Kier molecular flexibility index (Phi) is 7.75. The maximum absolute atomic E-state index is 12.9. The average molecular weight is 483 g/mol. The van der Waals surface area contributed by atoms with E-state index in [1.807, 2.05) is 0 Å². The van der Waals surface area contributed by atoms with Gasteiger partial charge in [0, 0.05) is 18.4 Å². The van der Waals surface area contributed by atoms with Crippen LogP contribution in [-0.2, 0) is 16.4 Å². The van der Waals surface area contributed by atoms with E-state index >= 15 is 0 Å². The maximum Gasteiger partial charge on any atom is 0.401 e. The van der Waals surface area contributed by atoms with Crippen molar-refractivity contribution in [3.63, 3.8) is 0 Å². The number of benzene rings is 1. The van der Waals surface area contributed by atoms with Crippen LogP contribution in [0.4, 0.5) is 13.2 Å². The number of rotatable bonds is 8. The van der Waals surface area contributed by atoms with Crippen molar-refractivity contribution in [1.82, 2.24) is 15.2 Å². The van der Waals surface area contributed by atoms with Crippen LogP contribution < -0.4 is 5.32 Å². The normalized spacial score (nSPS) is 16.2. The highest BCUT2D eigenvalue weighted by atomic mass is 32.2. The van der Waals surface area contributed by atoms with Gasteiger partial charge in [-0.05, 0) is 68.6 Å². The molecular weight excluding hydrogens is 457 g/mol. The van der Waals surface area contributed by atoms with Crippen LogP contribution in [0.15, 0.2) is 52.5 Å². The molecule has 7 nitrogen and oxygen atoms in total. The number of likely N-dealkylation sites (tertiary alicyclic amines) is 1. The van der Waals surface area contributed by atoms with Crippen molar-refractivity contribution in [2.24, 2.45) is 4.99 Å². The van der Waals surface area contributed by atoms with Gasteiger partial charge in [0.05, 0.1) is 16.7 Å². The minimum absolute atomic E-state index is 0.0911. The number of piperidine rings is 1. The van der Waals surface area contributed by atoms with Gasteiger partial charge in [-0.25, -0.2) is 8.42 Å². The van der Waals surface area contributed by atoms with Crippen LogP contribution in [0.1, 0.15) is 34.6 Å². The van der Waals surface area contributed by atoms with E-state index in [0.717, 1.165) is 0 Å². The summed E-state index contributed by atoms with van der Waals surface area (Å²) in [6.45, 7) is 2.70. The van der Waals surface area contributed by atoms with Crippen molar-refractivity contribution in [2.75, 3.05) is 19.6 Å². The first-order valence-electron chi connectivity index (χ1n) is 10.3. The second kappa shape index (κ2) is 10.3. The second-order valence-electron chi connectivity index (χ2n) is 7.79. The van der Waals surface area contributed by atoms with E-state index < -0.39 is 27.8 Å². The van der Waals surface area contributed by atoms with Crippen LogP contribution in [0.5, 0.6) is 0 Å². The van der Waals surface area contributed by atoms with Crippen molar-refractivity contribution >= 4 is 28.5 Å². The number of carbonyl (C=O) groups excluding carboxylic acids is 1. The van der Waals surface area contributed by atoms with Gasteiger partial charge in [-0.1, -0.05) is 12.1 Å². The molecule has 11 heteroatoms. The Morgan fingerprint density at radius 1 is 1.18 bits per heavy atom. The third kappa shape index (κ3) is 6.78. The zero-order valence-corrected chi connectivity index (χ0v) is 18.6. The summed E-state index contributed by atoms with van der Waals surface area (Å²) in [5.41, 5.74) is 1.78. The van der Waals surface area contributed by atoms with Crippen molar-refractivity contribution < 1.29 is 26.4 Å². The molecule has 2 aromatic rings. The molecule has 1 aliphatic rings. The van der Waals surface area contributed by atoms with Gasteiger partial charge in [-0.2, -0.15) is 13.2 Å². The molecule has 3 rings (SSSR count). The van der Waals surface area contributed by atoms with E-state index in [0.29, 0.717) is 17.0 Å². The third-order valence-electron chi connectivity index (χ3n) is 5.39. The lowest BCUT2D eigenvalue weighted by Crippen LogP contribution is -2.43. The van der Waals surface area contributed by atoms with Crippen LogP contribution in [0.2, 0.25) is 0 Å². The predicted octanol–water partition coefficient (Wildman–Crippen LogP) is 3.42. The van der Waals surface area contributed by atoms with Crippen molar-refractivity contribution in [3.05, 3.63) is 59.5 Å². The molecule has 0 saturated carbocycles. The molecule has 0 unspecified atom stereocenters. The number of amides is 1. The number of nitrogens with one attached hydrogen (secondary N) is 2. The number of hydrogen-bond donors (Lipinski definition) is 2. The Labute approximate surface area is 190 Å². The highest BCUT2D eigenvalue weighted by Crippen LogP contribution is 2.27. The van der Waals surface area contributed by atoms with Crippen LogP contribution in [0, 0.1) is 0 Å². The first-order valence-corrected chi connectivity index (χ1v) is 11.8. The summed E-state index contributed by atoms with van der Waals surface area (Å²) in [6, 6.07) is 9.53. The number of aromatic nitrogens is 1. The van der Waals surface area contributed by atoms with Gasteiger partial charge in [0.2, 0.25) is 0 Å². The average Bonchev–Trinajstić information content (AvgIpc) is 3.25. The fraction of sp³-hybridized carbons (Fsp3) is 0.364. The summed E-state index contributed by atoms with van der Waals surface area (Å²) in [5, 5.41) is 2.04. The molecule has 0 bridgehead atoms. The Morgan fingerprint density at radius 2 is 1.85 bits per heavy atom. The number of halogens is 3. The minimum Gasteiger partial charge on any atom is -0.351 e. The highest BCUT2D eigenvalue weighted by Gasteiger charge is 2.36. The maximum atomic E-state index is 12.9. The molecule has 1 fully saturated rings. The molecule has 1 aliphatic heterocycles. The van der Waals surface area contributed by atoms with Gasteiger partial charge in [-0.15, -0.1) is 0 Å². The topological polar surface area (TPSA) is 94.6 Å². The molecular formula is C22H25F3N4O3S. The van der Waals surface area contributed by atoms with Crippen LogP contribution >= 0.6 is 0 Å². The van der Waals surface area contributed by atoms with Gasteiger partial charge in [0.15, 0.2) is 9.84 Å². The van der Waals surface area contributed by atoms with Crippen molar-refractivity contribution in [1.29, 1.82) is 0 Å². The molecule has 2 N–H and O–H groups in total. The molecule has 0 spiro atoms. The summed E-state index contributed by atoms with van der Waals surface area (Å²) < 4.78 is 63.4. The highest BCUT2D eigenvalue weighted by molar-refractivity contribution is 7.92. The first-order chi connectivity index (χ1) is 15.6. The van der Waals surface area contributed by atoms with Gasteiger partial charge >= 0.3 is 6.18 Å². The summed E-state index contributed by atoms with van der Waals surface area (Å²) >= 11 is 0. The lowest BCUT2D eigenvalue weighted by atomic mass is 10.1. The number of H-pyrrole nitrogens is 1. The Morgan fingerprint density at radius 3 is 2.45 bits per heavy atom. The second-order valence-corrected chi connectivity index (χ2v) is 10.0. The van der Waals surface area contributed by atoms with E-state index in [1.165, 1.54) is 23.2 Å². The number of aliphatic imine (C=N–C) groups is 1. The molecule has 1 aromatic heterocycles. The fourth-order valence-corrected chi connectivity index (χ4v) is 5.40. The lowest BCUT2D eigenvalue weighted by molar-refractivity contribution is -0.147. The number of carbonyl (C=O) groups is 1. The summed E-state index contributed by atoms with van der Waals surface area (Å²) in [7, 11) is -3.64. The van der Waals surface area contributed by atoms with Crippen LogP contribution in [0.3, 0.4) is 0 Å². The first kappa shape index (κ1) is 24.7. The third-order valence-corrected chi connectivity index (χ3v) is 7.67. The van der Waals surface area contributed by atoms with Gasteiger partial charge in [0.25, 0.3) is 5.91 Å². The number of alkyl halides is 3. The van der Waals surface area contributed by atoms with Gasteiger partial charge in [-0.3, -0.25) is 14.7 Å². The SMILES string of the molecule is C=NC=Cc1ccc(C(=O)NCc2ccc(S(=O)(=O)C3CCN(CC(F)(F)F)CC3)cc2)[nH]1.